The van der Waals surface area contributed by atoms with Gasteiger partial charge in [-0.25, -0.2) is 8.42 Å². The van der Waals surface area contributed by atoms with E-state index in [9.17, 15) is 13.2 Å². The Labute approximate surface area is 128 Å². The topological polar surface area (TPSA) is 51.2 Å². The fraction of sp³-hybridized carbons (Fsp3) is 0.0625. The Morgan fingerprint density at radius 3 is 2.33 bits per heavy atom. The summed E-state index contributed by atoms with van der Waals surface area (Å²) in [5, 5.41) is 0.599. The molecule has 0 aliphatic rings. The third kappa shape index (κ3) is 4.28. The number of allylic oxidation sites excluding steroid dienone is 1. The van der Waals surface area contributed by atoms with Crippen molar-refractivity contribution >= 4 is 33.3 Å². The molecule has 0 amide bonds. The number of hydrogen-bond acceptors (Lipinski definition) is 3. The minimum absolute atomic E-state index is 0.192. The molecule has 0 radical (unpaired) electrons. The molecule has 0 aliphatic carbocycles. The van der Waals surface area contributed by atoms with Gasteiger partial charge in [-0.05, 0) is 48.0 Å². The van der Waals surface area contributed by atoms with Gasteiger partial charge in [-0.1, -0.05) is 29.8 Å². The third-order valence-corrected chi connectivity index (χ3v) is 4.21. The van der Waals surface area contributed by atoms with E-state index in [0.717, 1.165) is 11.8 Å². The van der Waals surface area contributed by atoms with Gasteiger partial charge in [-0.15, -0.1) is 0 Å². The molecule has 0 bridgehead atoms. The van der Waals surface area contributed by atoms with E-state index in [1.807, 2.05) is 6.07 Å². The van der Waals surface area contributed by atoms with E-state index < -0.39 is 9.84 Å². The van der Waals surface area contributed by atoms with Crippen LogP contribution in [0, 0.1) is 0 Å². The van der Waals surface area contributed by atoms with E-state index in [2.05, 4.69) is 0 Å². The first kappa shape index (κ1) is 15.5. The Morgan fingerprint density at radius 1 is 1.10 bits per heavy atom. The number of ketones is 1. The Balaban J connectivity index is 2.17. The molecular formula is C16H13ClO3S. The van der Waals surface area contributed by atoms with Crippen LogP contribution in [0.3, 0.4) is 0 Å². The zero-order chi connectivity index (χ0) is 15.5. The van der Waals surface area contributed by atoms with Gasteiger partial charge in [0.15, 0.2) is 15.6 Å². The smallest absolute Gasteiger partial charge is 0.185 e. The lowest BCUT2D eigenvalue weighted by molar-refractivity contribution is 0.104. The molecule has 108 valence electrons. The van der Waals surface area contributed by atoms with Crippen molar-refractivity contribution < 1.29 is 13.2 Å². The summed E-state index contributed by atoms with van der Waals surface area (Å²) in [6.07, 6.45) is 4.22. The van der Waals surface area contributed by atoms with Crippen LogP contribution in [0.1, 0.15) is 15.9 Å². The van der Waals surface area contributed by atoms with Crippen LogP contribution in [0.4, 0.5) is 0 Å². The van der Waals surface area contributed by atoms with E-state index in [-0.39, 0.29) is 10.7 Å². The molecule has 2 rings (SSSR count). The molecule has 0 heterocycles. The number of sulfone groups is 1. The second-order valence-corrected chi connectivity index (χ2v) is 7.00. The van der Waals surface area contributed by atoms with Gasteiger partial charge in [0, 0.05) is 16.8 Å². The van der Waals surface area contributed by atoms with E-state index in [4.69, 9.17) is 11.6 Å². The van der Waals surface area contributed by atoms with Crippen molar-refractivity contribution in [2.75, 3.05) is 6.26 Å². The molecule has 5 heteroatoms. The van der Waals surface area contributed by atoms with Gasteiger partial charge >= 0.3 is 0 Å². The minimum Gasteiger partial charge on any atom is -0.289 e. The quantitative estimate of drug-likeness (QED) is 0.638. The second-order valence-electron chi connectivity index (χ2n) is 4.55. The van der Waals surface area contributed by atoms with Gasteiger partial charge in [0.05, 0.1) is 4.90 Å². The molecule has 0 saturated heterocycles. The van der Waals surface area contributed by atoms with E-state index in [0.29, 0.717) is 10.6 Å². The first-order chi connectivity index (χ1) is 9.86. The van der Waals surface area contributed by atoms with Crippen molar-refractivity contribution in [2.24, 2.45) is 0 Å². The maximum absolute atomic E-state index is 12.0. The zero-order valence-electron chi connectivity index (χ0n) is 11.3. The molecule has 0 spiro atoms. The summed E-state index contributed by atoms with van der Waals surface area (Å²) < 4.78 is 22.7. The Bertz CT molecular complexity index is 791. The van der Waals surface area contributed by atoms with Crippen LogP contribution in [-0.4, -0.2) is 20.5 Å². The summed E-state index contributed by atoms with van der Waals surface area (Å²) in [4.78, 5) is 12.2. The summed E-state index contributed by atoms with van der Waals surface area (Å²) in [6, 6.07) is 13.0. The molecule has 0 aliphatic heterocycles. The molecule has 0 unspecified atom stereocenters. The molecule has 0 aromatic heterocycles. The van der Waals surface area contributed by atoms with Crippen molar-refractivity contribution in [2.45, 2.75) is 4.90 Å². The lowest BCUT2D eigenvalue weighted by Gasteiger charge is -2.00. The number of halogens is 1. The average molecular weight is 321 g/mol. The fourth-order valence-corrected chi connectivity index (χ4v) is 2.57. The van der Waals surface area contributed by atoms with Crippen LogP contribution in [0.2, 0.25) is 5.02 Å². The van der Waals surface area contributed by atoms with Crippen molar-refractivity contribution in [1.82, 2.24) is 0 Å². The van der Waals surface area contributed by atoms with Gasteiger partial charge < -0.3 is 0 Å². The molecule has 0 fully saturated rings. The summed E-state index contributed by atoms with van der Waals surface area (Å²) >= 11 is 5.86. The van der Waals surface area contributed by atoms with Crippen molar-refractivity contribution in [3.63, 3.8) is 0 Å². The maximum Gasteiger partial charge on any atom is 0.185 e. The lowest BCUT2D eigenvalue weighted by Crippen LogP contribution is -1.99. The predicted octanol–water partition coefficient (Wildman–Crippen LogP) is 3.64. The van der Waals surface area contributed by atoms with Crippen LogP contribution in [0.5, 0.6) is 0 Å². The molecule has 0 N–H and O–H groups in total. The lowest BCUT2D eigenvalue weighted by atomic mass is 10.1. The standard InChI is InChI=1S/C16H13ClO3S/c1-21(19,20)15-8-6-13(7-9-15)16(18)10-5-12-3-2-4-14(17)11-12/h2-11H,1H3/b10-5+. The number of rotatable bonds is 4. The zero-order valence-corrected chi connectivity index (χ0v) is 12.9. The number of benzene rings is 2. The number of hydrogen-bond donors (Lipinski definition) is 0. The van der Waals surface area contributed by atoms with Gasteiger partial charge in [-0.2, -0.15) is 0 Å². The second kappa shape index (κ2) is 6.24. The van der Waals surface area contributed by atoms with Crippen LogP contribution in [0.25, 0.3) is 6.08 Å². The van der Waals surface area contributed by atoms with Crippen LogP contribution >= 0.6 is 11.6 Å². The number of carbonyl (C=O) groups excluding carboxylic acids is 1. The largest absolute Gasteiger partial charge is 0.289 e. The van der Waals surface area contributed by atoms with E-state index in [1.54, 1.807) is 24.3 Å². The maximum atomic E-state index is 12.0. The highest BCUT2D eigenvalue weighted by Crippen LogP contribution is 2.14. The molecule has 21 heavy (non-hydrogen) atoms. The molecule has 3 nitrogen and oxygen atoms in total. The molecule has 0 saturated carbocycles. The monoisotopic (exact) mass is 320 g/mol. The van der Waals surface area contributed by atoms with E-state index in [1.165, 1.54) is 30.3 Å². The Hall–Kier alpha value is -1.91. The molecule has 2 aromatic carbocycles. The highest BCUT2D eigenvalue weighted by Gasteiger charge is 2.08. The normalized spacial score (nSPS) is 11.7. The predicted molar refractivity (Wildman–Crippen MR) is 84.4 cm³/mol. The van der Waals surface area contributed by atoms with Gasteiger partial charge in [-0.3, -0.25) is 4.79 Å². The number of carbonyl (C=O) groups is 1. The molecular weight excluding hydrogens is 308 g/mol. The van der Waals surface area contributed by atoms with Crippen molar-refractivity contribution in [1.29, 1.82) is 0 Å². The van der Waals surface area contributed by atoms with Crippen LogP contribution in [-0.2, 0) is 9.84 Å². The Morgan fingerprint density at radius 2 is 1.76 bits per heavy atom. The summed E-state index contributed by atoms with van der Waals surface area (Å²) in [7, 11) is -3.25. The molecule has 2 aromatic rings. The van der Waals surface area contributed by atoms with Crippen LogP contribution in [0.15, 0.2) is 59.5 Å². The van der Waals surface area contributed by atoms with E-state index >= 15 is 0 Å². The molecule has 0 atom stereocenters. The van der Waals surface area contributed by atoms with Crippen molar-refractivity contribution in [3.05, 3.63) is 70.8 Å². The summed E-state index contributed by atoms with van der Waals surface area (Å²) in [5.74, 6) is -0.199. The first-order valence-corrected chi connectivity index (χ1v) is 8.41. The highest BCUT2D eigenvalue weighted by atomic mass is 35.5. The summed E-state index contributed by atoms with van der Waals surface area (Å²) in [5.41, 5.74) is 1.25. The first-order valence-electron chi connectivity index (χ1n) is 6.14. The third-order valence-electron chi connectivity index (χ3n) is 2.84. The Kier molecular flexibility index (Phi) is 4.60. The van der Waals surface area contributed by atoms with Gasteiger partial charge in [0.2, 0.25) is 0 Å². The minimum atomic E-state index is -3.25. The van der Waals surface area contributed by atoms with Crippen molar-refractivity contribution in [3.8, 4) is 0 Å². The fourth-order valence-electron chi connectivity index (χ4n) is 1.74. The SMILES string of the molecule is CS(=O)(=O)c1ccc(C(=O)/C=C/c2cccc(Cl)c2)cc1. The van der Waals surface area contributed by atoms with Gasteiger partial charge in [0.1, 0.15) is 0 Å². The van der Waals surface area contributed by atoms with Gasteiger partial charge in [0.25, 0.3) is 0 Å². The average Bonchev–Trinajstić information content (AvgIpc) is 2.44. The highest BCUT2D eigenvalue weighted by molar-refractivity contribution is 7.90. The van der Waals surface area contributed by atoms with Crippen LogP contribution < -0.4 is 0 Å². The summed E-state index contributed by atoms with van der Waals surface area (Å²) in [6.45, 7) is 0.